The topological polar surface area (TPSA) is 107 Å². The molecule has 0 unspecified atom stereocenters. The summed E-state index contributed by atoms with van der Waals surface area (Å²) in [5, 5.41) is 7.58. The van der Waals surface area contributed by atoms with Gasteiger partial charge in [0.05, 0.1) is 0 Å². The maximum absolute atomic E-state index is 7.58. The molecule has 16 heavy (non-hydrogen) atoms. The Morgan fingerprint density at radius 2 is 2.19 bits per heavy atom. The molecule has 0 saturated carbocycles. The van der Waals surface area contributed by atoms with Gasteiger partial charge in [0.15, 0.2) is 5.96 Å². The average Bonchev–Trinajstić information content (AvgIpc) is 2.59. The second-order valence-corrected chi connectivity index (χ2v) is 3.70. The van der Waals surface area contributed by atoms with Crippen LogP contribution in [0, 0.1) is 12.3 Å². The first-order valence-electron chi connectivity index (χ1n) is 5.02. The highest BCUT2D eigenvalue weighted by molar-refractivity contribution is 5.91. The van der Waals surface area contributed by atoms with E-state index < -0.39 is 0 Å². The van der Waals surface area contributed by atoms with Crippen molar-refractivity contribution in [2.24, 2.45) is 16.5 Å². The van der Waals surface area contributed by atoms with Gasteiger partial charge in [0.2, 0.25) is 5.96 Å². The zero-order valence-electron chi connectivity index (χ0n) is 9.62. The minimum Gasteiger partial charge on any atom is -0.370 e. The molecule has 0 fully saturated rings. The summed E-state index contributed by atoms with van der Waals surface area (Å²) in [4.78, 5) is 8.42. The maximum atomic E-state index is 7.58. The number of H-pyrrole nitrogens is 1. The van der Waals surface area contributed by atoms with E-state index in [0.717, 1.165) is 6.42 Å². The molecule has 0 aliphatic rings. The number of nitrogens with zero attached hydrogens (tertiary/aromatic N) is 2. The molecule has 0 amide bonds. The molecule has 1 aromatic rings. The first-order chi connectivity index (χ1) is 7.50. The molecule has 1 rings (SSSR count). The van der Waals surface area contributed by atoms with Crippen LogP contribution in [0.2, 0.25) is 0 Å². The fraction of sp³-hybridized carbons (Fsp3) is 0.400. The summed E-state index contributed by atoms with van der Waals surface area (Å²) in [5.74, 6) is -0.0112. The number of aromatic nitrogens is 1. The maximum Gasteiger partial charge on any atom is 0.220 e. The minimum atomic E-state index is -0.0883. The molecule has 88 valence electrons. The highest BCUT2D eigenvalue weighted by Crippen LogP contribution is 2.07. The molecule has 0 aliphatic heterocycles. The number of rotatable bonds is 3. The number of aromatic amines is 1. The molecule has 0 radical (unpaired) electrons. The van der Waals surface area contributed by atoms with Crippen molar-refractivity contribution >= 4 is 11.9 Å². The van der Waals surface area contributed by atoms with Crippen LogP contribution < -0.4 is 11.5 Å². The molecular weight excluding hydrogens is 204 g/mol. The van der Waals surface area contributed by atoms with Crippen molar-refractivity contribution in [2.45, 2.75) is 13.3 Å². The van der Waals surface area contributed by atoms with E-state index in [-0.39, 0.29) is 11.9 Å². The van der Waals surface area contributed by atoms with Crippen LogP contribution in [0.15, 0.2) is 17.4 Å². The molecule has 0 saturated heterocycles. The van der Waals surface area contributed by atoms with Gasteiger partial charge in [-0.3, -0.25) is 5.41 Å². The van der Waals surface area contributed by atoms with Crippen LogP contribution in [-0.2, 0) is 6.42 Å². The Hall–Kier alpha value is -1.98. The molecular formula is C10H18N6. The van der Waals surface area contributed by atoms with Crippen LogP contribution in [-0.4, -0.2) is 35.4 Å². The average molecular weight is 222 g/mol. The van der Waals surface area contributed by atoms with E-state index >= 15 is 0 Å². The van der Waals surface area contributed by atoms with E-state index in [1.54, 1.807) is 11.9 Å². The van der Waals surface area contributed by atoms with Crippen molar-refractivity contribution in [1.82, 2.24) is 9.88 Å². The summed E-state index contributed by atoms with van der Waals surface area (Å²) >= 11 is 0. The summed E-state index contributed by atoms with van der Waals surface area (Å²) in [6.45, 7) is 2.75. The van der Waals surface area contributed by atoms with Gasteiger partial charge in [-0.15, -0.1) is 0 Å². The summed E-state index contributed by atoms with van der Waals surface area (Å²) < 4.78 is 0. The van der Waals surface area contributed by atoms with Crippen molar-refractivity contribution in [3.63, 3.8) is 0 Å². The lowest BCUT2D eigenvalue weighted by atomic mass is 10.1. The van der Waals surface area contributed by atoms with E-state index in [1.165, 1.54) is 11.1 Å². The molecule has 1 aromatic heterocycles. The Morgan fingerprint density at radius 1 is 1.50 bits per heavy atom. The van der Waals surface area contributed by atoms with Gasteiger partial charge in [0, 0.05) is 26.0 Å². The minimum absolute atomic E-state index is 0.0770. The number of likely N-dealkylation sites (N-methyl/N-ethyl adjacent to an activating group) is 1. The molecule has 1 heterocycles. The van der Waals surface area contributed by atoms with E-state index in [9.17, 15) is 0 Å². The molecule has 0 aliphatic carbocycles. The molecule has 0 aromatic carbocycles. The number of guanidine groups is 2. The third-order valence-corrected chi connectivity index (χ3v) is 2.38. The van der Waals surface area contributed by atoms with Gasteiger partial charge in [-0.1, -0.05) is 0 Å². The number of nitrogens with two attached hydrogens (primary N) is 2. The number of aryl methyl sites for hydroxylation is 1. The van der Waals surface area contributed by atoms with Gasteiger partial charge < -0.3 is 21.4 Å². The smallest absolute Gasteiger partial charge is 0.220 e. The third kappa shape index (κ3) is 3.30. The van der Waals surface area contributed by atoms with Gasteiger partial charge in [-0.25, -0.2) is 0 Å². The standard InChI is InChI=1S/C10H18N6/c1-7-5-14-6-8(7)3-4-16(2)10(13)15-9(11)12/h5-6,14H,3-4H2,1-2H3,(H5,11,12,13,15). The van der Waals surface area contributed by atoms with Crippen LogP contribution in [0.1, 0.15) is 11.1 Å². The third-order valence-electron chi connectivity index (χ3n) is 2.38. The van der Waals surface area contributed by atoms with Gasteiger partial charge in [0.25, 0.3) is 0 Å². The summed E-state index contributed by atoms with van der Waals surface area (Å²) in [6.07, 6.45) is 4.78. The van der Waals surface area contributed by atoms with Gasteiger partial charge in [-0.05, 0) is 24.5 Å². The summed E-state index contributed by atoms with van der Waals surface area (Å²) in [5.41, 5.74) is 12.9. The predicted molar refractivity (Wildman–Crippen MR) is 65.4 cm³/mol. The second-order valence-electron chi connectivity index (χ2n) is 3.70. The Morgan fingerprint density at radius 3 is 2.69 bits per heavy atom. The first kappa shape index (κ1) is 12.1. The van der Waals surface area contributed by atoms with Crippen molar-refractivity contribution < 1.29 is 0 Å². The molecule has 6 N–H and O–H groups in total. The van der Waals surface area contributed by atoms with E-state index in [0.29, 0.717) is 6.54 Å². The number of hydrogen-bond donors (Lipinski definition) is 4. The molecule has 0 bridgehead atoms. The Bertz CT molecular complexity index is 388. The highest BCUT2D eigenvalue weighted by Gasteiger charge is 2.05. The fourth-order valence-electron chi connectivity index (χ4n) is 1.34. The van der Waals surface area contributed by atoms with E-state index in [4.69, 9.17) is 16.9 Å². The molecule has 0 spiro atoms. The van der Waals surface area contributed by atoms with Crippen molar-refractivity contribution in [3.8, 4) is 0 Å². The lowest BCUT2D eigenvalue weighted by Crippen LogP contribution is -2.31. The number of nitrogens with one attached hydrogen (secondary N) is 2. The normalized spacial score (nSPS) is 9.88. The van der Waals surface area contributed by atoms with E-state index in [1.807, 2.05) is 19.3 Å². The van der Waals surface area contributed by atoms with Gasteiger partial charge >= 0.3 is 0 Å². The summed E-state index contributed by atoms with van der Waals surface area (Å²) in [7, 11) is 1.79. The highest BCUT2D eigenvalue weighted by atomic mass is 15.2. The molecule has 0 atom stereocenters. The van der Waals surface area contributed by atoms with Gasteiger partial charge in [-0.2, -0.15) is 4.99 Å². The number of hydrogen-bond acceptors (Lipinski definition) is 1. The Labute approximate surface area is 94.9 Å². The Balaban J connectivity index is 2.47. The predicted octanol–water partition coefficient (Wildman–Crippen LogP) is 0.00559. The lowest BCUT2D eigenvalue weighted by molar-refractivity contribution is 0.499. The SMILES string of the molecule is Cc1c[nH]cc1CCN(C)C(=N)N=C(N)N. The zero-order chi connectivity index (χ0) is 12.1. The van der Waals surface area contributed by atoms with E-state index in [2.05, 4.69) is 9.98 Å². The second kappa shape index (κ2) is 5.20. The van der Waals surface area contributed by atoms with Crippen LogP contribution in [0.25, 0.3) is 0 Å². The largest absolute Gasteiger partial charge is 0.370 e. The fourth-order valence-corrected chi connectivity index (χ4v) is 1.34. The molecule has 6 heteroatoms. The van der Waals surface area contributed by atoms with Crippen LogP contribution >= 0.6 is 0 Å². The van der Waals surface area contributed by atoms with Crippen LogP contribution in [0.3, 0.4) is 0 Å². The van der Waals surface area contributed by atoms with Crippen LogP contribution in [0.5, 0.6) is 0 Å². The zero-order valence-corrected chi connectivity index (χ0v) is 9.62. The lowest BCUT2D eigenvalue weighted by Gasteiger charge is -2.16. The monoisotopic (exact) mass is 222 g/mol. The molecule has 6 nitrogen and oxygen atoms in total. The number of aliphatic imine (C=N–C) groups is 1. The van der Waals surface area contributed by atoms with Crippen molar-refractivity contribution in [3.05, 3.63) is 23.5 Å². The van der Waals surface area contributed by atoms with Crippen molar-refractivity contribution in [2.75, 3.05) is 13.6 Å². The Kier molecular flexibility index (Phi) is 3.93. The summed E-state index contributed by atoms with van der Waals surface area (Å²) in [6, 6.07) is 0. The quantitative estimate of drug-likeness (QED) is 0.427. The van der Waals surface area contributed by atoms with Gasteiger partial charge in [0.1, 0.15) is 0 Å². The van der Waals surface area contributed by atoms with Crippen molar-refractivity contribution in [1.29, 1.82) is 5.41 Å². The van der Waals surface area contributed by atoms with Crippen LogP contribution in [0.4, 0.5) is 0 Å². The first-order valence-corrected chi connectivity index (χ1v) is 5.02.